The lowest BCUT2D eigenvalue weighted by molar-refractivity contribution is 0.0701. The topological polar surface area (TPSA) is 65.5 Å². The molecule has 1 saturated carbocycles. The lowest BCUT2D eigenvalue weighted by atomic mass is 10.3. The number of anilines is 1. The van der Waals surface area contributed by atoms with E-state index >= 15 is 0 Å². The summed E-state index contributed by atoms with van der Waals surface area (Å²) in [6.45, 7) is 3.96. The lowest BCUT2D eigenvalue weighted by Gasteiger charge is -2.15. The highest BCUT2D eigenvalue weighted by Gasteiger charge is 2.34. The molecule has 2 fully saturated rings. The lowest BCUT2D eigenvalue weighted by Crippen LogP contribution is -2.27. The van der Waals surface area contributed by atoms with E-state index in [1.807, 2.05) is 0 Å². The SMILES string of the molecule is Cc1nc(NC2CCN(C3CC3)C2)sc1C(=O)O. The van der Waals surface area contributed by atoms with Gasteiger partial charge < -0.3 is 10.4 Å². The van der Waals surface area contributed by atoms with E-state index in [1.165, 1.54) is 24.2 Å². The van der Waals surface area contributed by atoms with Crippen molar-refractivity contribution in [1.82, 2.24) is 9.88 Å². The number of aromatic nitrogens is 1. The number of carbonyl (C=O) groups is 1. The van der Waals surface area contributed by atoms with Crippen molar-refractivity contribution in [2.24, 2.45) is 0 Å². The number of thiazole rings is 1. The first-order chi connectivity index (χ1) is 8.63. The van der Waals surface area contributed by atoms with E-state index in [1.54, 1.807) is 6.92 Å². The maximum atomic E-state index is 11.0. The zero-order valence-electron chi connectivity index (χ0n) is 10.3. The Morgan fingerprint density at radius 1 is 1.50 bits per heavy atom. The van der Waals surface area contributed by atoms with Gasteiger partial charge in [0, 0.05) is 25.2 Å². The van der Waals surface area contributed by atoms with Crippen LogP contribution in [0.25, 0.3) is 0 Å². The Hall–Kier alpha value is -1.14. The average molecular weight is 267 g/mol. The molecule has 1 aromatic rings. The Bertz CT molecular complexity index is 470. The second-order valence-corrected chi connectivity index (χ2v) is 6.09. The van der Waals surface area contributed by atoms with Crippen LogP contribution in [0.4, 0.5) is 5.13 Å². The molecule has 2 aliphatic rings. The quantitative estimate of drug-likeness (QED) is 0.871. The molecule has 2 N–H and O–H groups in total. The molecular formula is C12H17N3O2S. The minimum atomic E-state index is -0.885. The van der Waals surface area contributed by atoms with Gasteiger partial charge in [0.05, 0.1) is 5.69 Å². The highest BCUT2D eigenvalue weighted by Crippen LogP contribution is 2.31. The van der Waals surface area contributed by atoms with Crippen molar-refractivity contribution in [3.05, 3.63) is 10.6 Å². The van der Waals surface area contributed by atoms with Gasteiger partial charge in [-0.25, -0.2) is 9.78 Å². The molecular weight excluding hydrogens is 250 g/mol. The summed E-state index contributed by atoms with van der Waals surface area (Å²) in [5, 5.41) is 13.1. The monoisotopic (exact) mass is 267 g/mol. The van der Waals surface area contributed by atoms with E-state index in [-0.39, 0.29) is 0 Å². The van der Waals surface area contributed by atoms with Crippen LogP contribution in [0.2, 0.25) is 0 Å². The smallest absolute Gasteiger partial charge is 0.347 e. The fraction of sp³-hybridized carbons (Fsp3) is 0.667. The van der Waals surface area contributed by atoms with Gasteiger partial charge in [-0.2, -0.15) is 0 Å². The molecule has 1 atom stereocenters. The van der Waals surface area contributed by atoms with E-state index in [0.717, 1.165) is 30.7 Å². The molecule has 3 rings (SSSR count). The van der Waals surface area contributed by atoms with E-state index in [2.05, 4.69) is 15.2 Å². The van der Waals surface area contributed by atoms with Crippen molar-refractivity contribution >= 4 is 22.4 Å². The number of carboxylic acid groups (broad SMARTS) is 1. The van der Waals surface area contributed by atoms with Gasteiger partial charge in [-0.1, -0.05) is 11.3 Å². The maximum absolute atomic E-state index is 11.0. The predicted molar refractivity (Wildman–Crippen MR) is 70.4 cm³/mol. The number of aryl methyl sites for hydroxylation is 1. The van der Waals surface area contributed by atoms with Gasteiger partial charge in [-0.15, -0.1) is 0 Å². The van der Waals surface area contributed by atoms with Gasteiger partial charge in [0.15, 0.2) is 5.13 Å². The number of likely N-dealkylation sites (tertiary alicyclic amines) is 1. The van der Waals surface area contributed by atoms with Crippen molar-refractivity contribution in [1.29, 1.82) is 0 Å². The molecule has 0 aromatic carbocycles. The standard InChI is InChI=1S/C12H17N3O2S/c1-7-10(11(16)17)18-12(13-7)14-8-4-5-15(6-8)9-2-3-9/h8-9H,2-6H2,1H3,(H,13,14)(H,16,17). The van der Waals surface area contributed by atoms with Gasteiger partial charge in [0.1, 0.15) is 4.88 Å². The van der Waals surface area contributed by atoms with Crippen LogP contribution in [0.3, 0.4) is 0 Å². The number of nitrogens with one attached hydrogen (secondary N) is 1. The summed E-state index contributed by atoms with van der Waals surface area (Å²) >= 11 is 1.24. The minimum Gasteiger partial charge on any atom is -0.477 e. The Morgan fingerprint density at radius 2 is 2.28 bits per heavy atom. The van der Waals surface area contributed by atoms with Gasteiger partial charge in [0.2, 0.25) is 0 Å². The summed E-state index contributed by atoms with van der Waals surface area (Å²) in [5.74, 6) is -0.885. The molecule has 1 saturated heterocycles. The van der Waals surface area contributed by atoms with Gasteiger partial charge in [-0.05, 0) is 26.2 Å². The summed E-state index contributed by atoms with van der Waals surface area (Å²) in [6, 6.07) is 1.22. The maximum Gasteiger partial charge on any atom is 0.347 e. The summed E-state index contributed by atoms with van der Waals surface area (Å²) in [7, 11) is 0. The molecule has 1 aromatic heterocycles. The number of hydrogen-bond donors (Lipinski definition) is 2. The summed E-state index contributed by atoms with van der Waals surface area (Å²) in [4.78, 5) is 18.1. The molecule has 1 unspecified atom stereocenters. The summed E-state index contributed by atoms with van der Waals surface area (Å²) in [5.41, 5.74) is 0.604. The van der Waals surface area contributed by atoms with Crippen molar-refractivity contribution in [2.75, 3.05) is 18.4 Å². The third-order valence-electron chi connectivity index (χ3n) is 3.60. The fourth-order valence-corrected chi connectivity index (χ4v) is 3.39. The third-order valence-corrected chi connectivity index (χ3v) is 4.68. The van der Waals surface area contributed by atoms with Crippen LogP contribution in [0, 0.1) is 6.92 Å². The first kappa shape index (κ1) is 11.9. The predicted octanol–water partition coefficient (Wildman–Crippen LogP) is 1.80. The minimum absolute atomic E-state index is 0.342. The number of hydrogen-bond acceptors (Lipinski definition) is 5. The Morgan fingerprint density at radius 3 is 2.89 bits per heavy atom. The number of carboxylic acids is 1. The molecule has 6 heteroatoms. The molecule has 5 nitrogen and oxygen atoms in total. The Labute approximate surface area is 110 Å². The van der Waals surface area contributed by atoms with Crippen LogP contribution < -0.4 is 5.32 Å². The van der Waals surface area contributed by atoms with Crippen molar-refractivity contribution < 1.29 is 9.90 Å². The van der Waals surface area contributed by atoms with Gasteiger partial charge in [-0.3, -0.25) is 4.90 Å². The zero-order valence-corrected chi connectivity index (χ0v) is 11.2. The van der Waals surface area contributed by atoms with Gasteiger partial charge in [0.25, 0.3) is 0 Å². The molecule has 18 heavy (non-hydrogen) atoms. The second-order valence-electron chi connectivity index (χ2n) is 5.09. The molecule has 0 bridgehead atoms. The van der Waals surface area contributed by atoms with E-state index in [9.17, 15) is 4.79 Å². The van der Waals surface area contributed by atoms with E-state index < -0.39 is 5.97 Å². The molecule has 1 aliphatic carbocycles. The highest BCUT2D eigenvalue weighted by atomic mass is 32.1. The van der Waals surface area contributed by atoms with Gasteiger partial charge >= 0.3 is 5.97 Å². The van der Waals surface area contributed by atoms with E-state index in [0.29, 0.717) is 16.6 Å². The van der Waals surface area contributed by atoms with Crippen LogP contribution in [-0.2, 0) is 0 Å². The number of aromatic carboxylic acids is 1. The molecule has 0 amide bonds. The first-order valence-corrected chi connectivity index (χ1v) is 7.16. The zero-order chi connectivity index (χ0) is 12.7. The van der Waals surface area contributed by atoms with Crippen LogP contribution in [0.5, 0.6) is 0 Å². The van der Waals surface area contributed by atoms with Crippen molar-refractivity contribution in [3.8, 4) is 0 Å². The molecule has 2 heterocycles. The normalized spacial score (nSPS) is 24.4. The average Bonchev–Trinajstić information content (AvgIpc) is 2.95. The molecule has 1 aliphatic heterocycles. The summed E-state index contributed by atoms with van der Waals surface area (Å²) < 4.78 is 0. The fourth-order valence-electron chi connectivity index (χ4n) is 2.51. The van der Waals surface area contributed by atoms with Crippen LogP contribution in [0.1, 0.15) is 34.6 Å². The van der Waals surface area contributed by atoms with E-state index in [4.69, 9.17) is 5.11 Å². The van der Waals surface area contributed by atoms with Crippen LogP contribution in [0.15, 0.2) is 0 Å². The molecule has 0 radical (unpaired) electrons. The summed E-state index contributed by atoms with van der Waals surface area (Å²) in [6.07, 6.45) is 3.80. The molecule has 98 valence electrons. The number of rotatable bonds is 4. The highest BCUT2D eigenvalue weighted by molar-refractivity contribution is 7.17. The third kappa shape index (κ3) is 2.35. The van der Waals surface area contributed by atoms with Crippen molar-refractivity contribution in [2.45, 2.75) is 38.3 Å². The molecule has 0 spiro atoms. The van der Waals surface area contributed by atoms with Crippen molar-refractivity contribution in [3.63, 3.8) is 0 Å². The second kappa shape index (κ2) is 4.51. The Kier molecular flexibility index (Phi) is 2.99. The Balaban J connectivity index is 1.62. The number of nitrogens with zero attached hydrogens (tertiary/aromatic N) is 2. The van der Waals surface area contributed by atoms with Crippen LogP contribution >= 0.6 is 11.3 Å². The largest absolute Gasteiger partial charge is 0.477 e. The first-order valence-electron chi connectivity index (χ1n) is 6.35. The van der Waals surface area contributed by atoms with Crippen LogP contribution in [-0.4, -0.2) is 46.1 Å².